The maximum atomic E-state index is 10.9. The van der Waals surface area contributed by atoms with E-state index in [1.807, 2.05) is 6.92 Å². The molecule has 0 saturated carbocycles. The van der Waals surface area contributed by atoms with Crippen LogP contribution in [0.3, 0.4) is 0 Å². The third kappa shape index (κ3) is 3.76. The van der Waals surface area contributed by atoms with Crippen LogP contribution in [-0.2, 0) is 4.79 Å². The number of benzene rings is 1. The van der Waals surface area contributed by atoms with Crippen LogP contribution in [0.5, 0.6) is 11.5 Å². The van der Waals surface area contributed by atoms with Crippen LogP contribution in [0.4, 0.5) is 0 Å². The molecule has 0 spiro atoms. The van der Waals surface area contributed by atoms with Gasteiger partial charge in [-0.05, 0) is 25.1 Å². The number of carbonyl (C=O) groups excluding carboxylic acids is 2. The maximum absolute atomic E-state index is 10.9. The summed E-state index contributed by atoms with van der Waals surface area (Å²) in [4.78, 5) is 21.6. The third-order valence-corrected chi connectivity index (χ3v) is 2.38. The first-order valence-electron chi connectivity index (χ1n) is 5.72. The molecule has 0 aliphatic rings. The highest BCUT2D eigenvalue weighted by Crippen LogP contribution is 2.28. The van der Waals surface area contributed by atoms with E-state index in [1.54, 1.807) is 25.1 Å². The van der Waals surface area contributed by atoms with E-state index in [-0.39, 0.29) is 12.5 Å². The lowest BCUT2D eigenvalue weighted by molar-refractivity contribution is -0.122. The lowest BCUT2D eigenvalue weighted by Gasteiger charge is -2.14. The summed E-state index contributed by atoms with van der Waals surface area (Å²) in [5, 5.41) is 0. The normalized spacial score (nSPS) is 11.7. The first kappa shape index (κ1) is 14.0. The highest BCUT2D eigenvalue weighted by molar-refractivity contribution is 5.77. The van der Waals surface area contributed by atoms with Crippen LogP contribution in [0, 0.1) is 5.92 Å². The van der Waals surface area contributed by atoms with E-state index in [9.17, 15) is 9.59 Å². The molecule has 0 radical (unpaired) electrons. The van der Waals surface area contributed by atoms with Crippen LogP contribution in [-0.4, -0.2) is 25.4 Å². The number of aldehydes is 1. The Labute approximate surface area is 106 Å². The van der Waals surface area contributed by atoms with E-state index >= 15 is 0 Å². The Morgan fingerprint density at radius 2 is 2.11 bits per heavy atom. The molecule has 0 saturated heterocycles. The van der Waals surface area contributed by atoms with Crippen molar-refractivity contribution in [1.29, 1.82) is 0 Å². The smallest absolute Gasteiger partial charge is 0.223 e. The van der Waals surface area contributed by atoms with Gasteiger partial charge in [0.1, 0.15) is 6.29 Å². The van der Waals surface area contributed by atoms with Crippen molar-refractivity contribution in [1.82, 2.24) is 0 Å². The number of nitrogens with two attached hydrogens (primary N) is 1. The Morgan fingerprint density at radius 3 is 2.67 bits per heavy atom. The van der Waals surface area contributed by atoms with Crippen molar-refractivity contribution >= 4 is 12.2 Å². The van der Waals surface area contributed by atoms with E-state index in [2.05, 4.69) is 0 Å². The largest absolute Gasteiger partial charge is 0.490 e. The Morgan fingerprint density at radius 1 is 1.39 bits per heavy atom. The second-order valence-corrected chi connectivity index (χ2v) is 3.87. The van der Waals surface area contributed by atoms with Crippen molar-refractivity contribution in [2.24, 2.45) is 11.7 Å². The topological polar surface area (TPSA) is 78.6 Å². The lowest BCUT2D eigenvalue weighted by atomic mass is 10.2. The average molecular weight is 251 g/mol. The van der Waals surface area contributed by atoms with E-state index in [0.29, 0.717) is 23.7 Å². The molecule has 5 nitrogen and oxygen atoms in total. The summed E-state index contributed by atoms with van der Waals surface area (Å²) in [7, 11) is 0. The summed E-state index contributed by atoms with van der Waals surface area (Å²) in [6.45, 7) is 4.16. The summed E-state index contributed by atoms with van der Waals surface area (Å²) in [5.41, 5.74) is 5.65. The SMILES string of the molecule is CCOc1cc(C=O)ccc1OCC(C)C(N)=O. The molecule has 1 aromatic carbocycles. The average Bonchev–Trinajstić information content (AvgIpc) is 2.36. The summed E-state index contributed by atoms with van der Waals surface area (Å²) < 4.78 is 10.8. The molecule has 1 amide bonds. The molecule has 0 heterocycles. The van der Waals surface area contributed by atoms with Gasteiger partial charge in [0.05, 0.1) is 19.1 Å². The van der Waals surface area contributed by atoms with Gasteiger partial charge in [-0.25, -0.2) is 0 Å². The Kier molecular flexibility index (Phi) is 5.17. The second kappa shape index (κ2) is 6.64. The first-order valence-corrected chi connectivity index (χ1v) is 5.72. The van der Waals surface area contributed by atoms with Crippen LogP contribution in [0.25, 0.3) is 0 Å². The fourth-order valence-corrected chi connectivity index (χ4v) is 1.28. The number of primary amides is 1. The summed E-state index contributed by atoms with van der Waals surface area (Å²) in [6.07, 6.45) is 0.734. The van der Waals surface area contributed by atoms with Gasteiger partial charge in [0.2, 0.25) is 5.91 Å². The number of hydrogen-bond donors (Lipinski definition) is 1. The molecule has 1 atom stereocenters. The van der Waals surface area contributed by atoms with Gasteiger partial charge in [-0.15, -0.1) is 0 Å². The molecule has 2 N–H and O–H groups in total. The Bertz CT molecular complexity index is 431. The van der Waals surface area contributed by atoms with E-state index in [4.69, 9.17) is 15.2 Å². The third-order valence-electron chi connectivity index (χ3n) is 2.38. The van der Waals surface area contributed by atoms with Gasteiger partial charge in [0.25, 0.3) is 0 Å². The van der Waals surface area contributed by atoms with E-state index in [0.717, 1.165) is 6.29 Å². The number of carbonyl (C=O) groups is 2. The van der Waals surface area contributed by atoms with Crippen molar-refractivity contribution in [3.63, 3.8) is 0 Å². The summed E-state index contributed by atoms with van der Waals surface area (Å²) >= 11 is 0. The molecule has 18 heavy (non-hydrogen) atoms. The van der Waals surface area contributed by atoms with Crippen molar-refractivity contribution in [3.8, 4) is 11.5 Å². The maximum Gasteiger partial charge on any atom is 0.223 e. The molecule has 0 aliphatic heterocycles. The molecule has 98 valence electrons. The van der Waals surface area contributed by atoms with Gasteiger partial charge in [-0.1, -0.05) is 6.92 Å². The predicted octanol–water partition coefficient (Wildman–Crippen LogP) is 1.40. The number of rotatable bonds is 7. The molecular formula is C13H17NO4. The molecule has 1 unspecified atom stereocenters. The quantitative estimate of drug-likeness (QED) is 0.743. The fourth-order valence-electron chi connectivity index (χ4n) is 1.28. The molecule has 0 aromatic heterocycles. The summed E-state index contributed by atoms with van der Waals surface area (Å²) in [5.74, 6) is 0.178. The number of ether oxygens (including phenoxy) is 2. The van der Waals surface area contributed by atoms with Crippen LogP contribution >= 0.6 is 0 Å². The van der Waals surface area contributed by atoms with Gasteiger partial charge >= 0.3 is 0 Å². The monoisotopic (exact) mass is 251 g/mol. The minimum Gasteiger partial charge on any atom is -0.490 e. The minimum absolute atomic E-state index is 0.176. The van der Waals surface area contributed by atoms with Gasteiger partial charge in [0, 0.05) is 5.56 Å². The number of hydrogen-bond acceptors (Lipinski definition) is 4. The zero-order valence-corrected chi connectivity index (χ0v) is 10.5. The molecule has 5 heteroatoms. The molecular weight excluding hydrogens is 234 g/mol. The predicted molar refractivity (Wildman–Crippen MR) is 66.9 cm³/mol. The van der Waals surface area contributed by atoms with Crippen molar-refractivity contribution in [2.45, 2.75) is 13.8 Å². The second-order valence-electron chi connectivity index (χ2n) is 3.87. The minimum atomic E-state index is -0.419. The molecule has 0 aliphatic carbocycles. The standard InChI is InChI=1S/C13H17NO4/c1-3-17-12-6-10(7-15)4-5-11(12)18-8-9(2)13(14)16/h4-7,9H,3,8H2,1-2H3,(H2,14,16). The van der Waals surface area contributed by atoms with Crippen molar-refractivity contribution in [2.75, 3.05) is 13.2 Å². The molecule has 0 bridgehead atoms. The van der Waals surface area contributed by atoms with Crippen LogP contribution in [0.1, 0.15) is 24.2 Å². The van der Waals surface area contributed by atoms with Crippen LogP contribution in [0.15, 0.2) is 18.2 Å². The van der Waals surface area contributed by atoms with Crippen LogP contribution in [0.2, 0.25) is 0 Å². The summed E-state index contributed by atoms with van der Waals surface area (Å²) in [6, 6.07) is 4.86. The zero-order chi connectivity index (χ0) is 13.5. The van der Waals surface area contributed by atoms with Gasteiger partial charge in [-0.2, -0.15) is 0 Å². The highest BCUT2D eigenvalue weighted by Gasteiger charge is 2.12. The van der Waals surface area contributed by atoms with Gasteiger partial charge in [0.15, 0.2) is 11.5 Å². The lowest BCUT2D eigenvalue weighted by Crippen LogP contribution is -2.25. The number of amides is 1. The van der Waals surface area contributed by atoms with Gasteiger partial charge in [-0.3, -0.25) is 9.59 Å². The van der Waals surface area contributed by atoms with Crippen LogP contribution < -0.4 is 15.2 Å². The fraction of sp³-hybridized carbons (Fsp3) is 0.385. The molecule has 0 fully saturated rings. The Hall–Kier alpha value is -2.04. The molecule has 1 rings (SSSR count). The van der Waals surface area contributed by atoms with Crippen molar-refractivity contribution in [3.05, 3.63) is 23.8 Å². The van der Waals surface area contributed by atoms with E-state index in [1.165, 1.54) is 0 Å². The highest BCUT2D eigenvalue weighted by atomic mass is 16.5. The Balaban J connectivity index is 2.80. The van der Waals surface area contributed by atoms with Gasteiger partial charge < -0.3 is 15.2 Å². The first-order chi connectivity index (χ1) is 8.58. The van der Waals surface area contributed by atoms with E-state index < -0.39 is 5.91 Å². The zero-order valence-electron chi connectivity index (χ0n) is 10.5. The molecule has 1 aromatic rings. The van der Waals surface area contributed by atoms with Crippen molar-refractivity contribution < 1.29 is 19.1 Å².